The third-order valence-electron chi connectivity index (χ3n) is 4.13. The van der Waals surface area contributed by atoms with Gasteiger partial charge >= 0.3 is 6.01 Å². The largest absolute Gasteiger partial charge is 0.472 e. The summed E-state index contributed by atoms with van der Waals surface area (Å²) in [6, 6.07) is 5.86. The zero-order chi connectivity index (χ0) is 19.4. The maximum absolute atomic E-state index is 12.7. The Morgan fingerprint density at radius 1 is 1.41 bits per heavy atom. The lowest BCUT2D eigenvalue weighted by Gasteiger charge is -2.32. The van der Waals surface area contributed by atoms with E-state index < -0.39 is 4.92 Å². The van der Waals surface area contributed by atoms with Crippen molar-refractivity contribution in [2.75, 3.05) is 20.2 Å². The molecule has 0 saturated carbocycles. The van der Waals surface area contributed by atoms with Crippen molar-refractivity contribution < 1.29 is 19.2 Å². The molecular formula is C17H17ClN4O5. The van der Waals surface area contributed by atoms with Crippen molar-refractivity contribution in [3.8, 4) is 11.9 Å². The lowest BCUT2D eigenvalue weighted by atomic mass is 10.1. The van der Waals surface area contributed by atoms with E-state index >= 15 is 0 Å². The van der Waals surface area contributed by atoms with Gasteiger partial charge in [0.05, 0.1) is 18.6 Å². The normalized spacial score (nSPS) is 16.7. The van der Waals surface area contributed by atoms with Crippen molar-refractivity contribution in [2.45, 2.75) is 18.9 Å². The molecule has 1 saturated heterocycles. The highest BCUT2D eigenvalue weighted by Gasteiger charge is 2.27. The Kier molecular flexibility index (Phi) is 5.70. The zero-order valence-corrected chi connectivity index (χ0v) is 15.3. The number of piperidine rings is 1. The standard InChI is InChI=1S/C17H17ClN4O5/c1-26-17-19-7-6-15(20-17)27-12-3-2-8-21(10-12)16(23)11-4-5-13(18)14(9-11)22(24)25/h4-7,9,12H,2-3,8,10H2,1H3. The van der Waals surface area contributed by atoms with E-state index in [-0.39, 0.29) is 34.3 Å². The van der Waals surface area contributed by atoms with Crippen LogP contribution >= 0.6 is 11.6 Å². The highest BCUT2D eigenvalue weighted by atomic mass is 35.5. The van der Waals surface area contributed by atoms with Crippen LogP contribution in [0.15, 0.2) is 30.5 Å². The van der Waals surface area contributed by atoms with Gasteiger partial charge in [0.15, 0.2) is 0 Å². The second kappa shape index (κ2) is 8.17. The number of aromatic nitrogens is 2. The summed E-state index contributed by atoms with van der Waals surface area (Å²) < 4.78 is 10.8. The number of rotatable bonds is 5. The Balaban J connectivity index is 1.71. The Hall–Kier alpha value is -2.94. The summed E-state index contributed by atoms with van der Waals surface area (Å²) in [5, 5.41) is 11.0. The summed E-state index contributed by atoms with van der Waals surface area (Å²) in [5.41, 5.74) is -0.0733. The third kappa shape index (κ3) is 4.43. The number of hydrogen-bond donors (Lipinski definition) is 0. The van der Waals surface area contributed by atoms with Crippen molar-refractivity contribution in [1.82, 2.24) is 14.9 Å². The van der Waals surface area contributed by atoms with Gasteiger partial charge in [-0.3, -0.25) is 14.9 Å². The van der Waals surface area contributed by atoms with Gasteiger partial charge in [-0.1, -0.05) is 11.6 Å². The summed E-state index contributed by atoms with van der Waals surface area (Å²) >= 11 is 5.81. The van der Waals surface area contributed by atoms with Crippen molar-refractivity contribution >= 4 is 23.2 Å². The molecule has 1 fully saturated rings. The van der Waals surface area contributed by atoms with Crippen molar-refractivity contribution in [1.29, 1.82) is 0 Å². The van der Waals surface area contributed by atoms with E-state index in [2.05, 4.69) is 9.97 Å². The molecule has 1 unspecified atom stereocenters. The van der Waals surface area contributed by atoms with E-state index in [9.17, 15) is 14.9 Å². The molecule has 0 bridgehead atoms. The highest BCUT2D eigenvalue weighted by molar-refractivity contribution is 6.32. The molecule has 0 N–H and O–H groups in total. The fraction of sp³-hybridized carbons (Fsp3) is 0.353. The fourth-order valence-corrected chi connectivity index (χ4v) is 3.03. The number of methoxy groups -OCH3 is 1. The van der Waals surface area contributed by atoms with Crippen LogP contribution in [0.3, 0.4) is 0 Å². The first-order valence-electron chi connectivity index (χ1n) is 8.25. The van der Waals surface area contributed by atoms with Gasteiger partial charge in [0.1, 0.15) is 11.1 Å². The first-order chi connectivity index (χ1) is 13.0. The second-order valence-corrected chi connectivity index (χ2v) is 6.35. The third-order valence-corrected chi connectivity index (χ3v) is 4.45. The SMILES string of the molecule is COc1nccc(OC2CCCN(C(=O)c3ccc(Cl)c([N+](=O)[O-])c3)C2)n1. The molecule has 2 heterocycles. The fourth-order valence-electron chi connectivity index (χ4n) is 2.85. The molecule has 27 heavy (non-hydrogen) atoms. The Morgan fingerprint density at radius 2 is 2.22 bits per heavy atom. The first-order valence-corrected chi connectivity index (χ1v) is 8.62. The Bertz CT molecular complexity index is 863. The summed E-state index contributed by atoms with van der Waals surface area (Å²) in [5.74, 6) is 0.0617. The van der Waals surface area contributed by atoms with Crippen molar-refractivity contribution in [3.05, 3.63) is 51.2 Å². The Morgan fingerprint density at radius 3 is 2.96 bits per heavy atom. The van der Waals surface area contributed by atoms with Gasteiger partial charge in [-0.25, -0.2) is 4.98 Å². The molecule has 1 aromatic carbocycles. The first kappa shape index (κ1) is 18.8. The molecule has 3 rings (SSSR count). The van der Waals surface area contributed by atoms with Crippen LogP contribution < -0.4 is 9.47 Å². The van der Waals surface area contributed by atoms with Crippen molar-refractivity contribution in [2.24, 2.45) is 0 Å². The smallest absolute Gasteiger partial charge is 0.319 e. The van der Waals surface area contributed by atoms with Gasteiger partial charge < -0.3 is 14.4 Å². The highest BCUT2D eigenvalue weighted by Crippen LogP contribution is 2.26. The van der Waals surface area contributed by atoms with E-state index in [1.165, 1.54) is 31.5 Å². The molecule has 10 heteroatoms. The molecule has 0 aliphatic carbocycles. The number of nitro groups is 1. The quantitative estimate of drug-likeness (QED) is 0.568. The molecule has 1 aliphatic rings. The molecule has 0 spiro atoms. The monoisotopic (exact) mass is 392 g/mol. The summed E-state index contributed by atoms with van der Waals surface area (Å²) in [4.78, 5) is 32.8. The van der Waals surface area contributed by atoms with Crippen LogP contribution in [0.25, 0.3) is 0 Å². The summed E-state index contributed by atoms with van der Waals surface area (Å²) in [7, 11) is 1.46. The molecule has 1 amide bonds. The Labute approximate surface area is 160 Å². The van der Waals surface area contributed by atoms with Crippen LogP contribution in [-0.2, 0) is 0 Å². The van der Waals surface area contributed by atoms with E-state index in [0.29, 0.717) is 19.0 Å². The van der Waals surface area contributed by atoms with Crippen LogP contribution in [0.2, 0.25) is 5.02 Å². The number of hydrogen-bond acceptors (Lipinski definition) is 7. The minimum Gasteiger partial charge on any atom is -0.472 e. The zero-order valence-electron chi connectivity index (χ0n) is 14.5. The minimum atomic E-state index is -0.607. The van der Waals surface area contributed by atoms with Crippen LogP contribution in [0.1, 0.15) is 23.2 Å². The van der Waals surface area contributed by atoms with Gasteiger partial charge in [0.2, 0.25) is 5.88 Å². The number of nitro benzene ring substituents is 1. The average Bonchev–Trinajstić information content (AvgIpc) is 2.68. The van der Waals surface area contributed by atoms with Crippen LogP contribution in [0, 0.1) is 10.1 Å². The van der Waals surface area contributed by atoms with Crippen LogP contribution in [0.5, 0.6) is 11.9 Å². The maximum Gasteiger partial charge on any atom is 0.319 e. The molecule has 9 nitrogen and oxygen atoms in total. The number of benzene rings is 1. The van der Waals surface area contributed by atoms with Crippen LogP contribution in [0.4, 0.5) is 5.69 Å². The van der Waals surface area contributed by atoms with E-state index in [4.69, 9.17) is 21.1 Å². The average molecular weight is 393 g/mol. The minimum absolute atomic E-state index is 0.00545. The molecule has 1 aliphatic heterocycles. The molecule has 2 aromatic rings. The molecule has 1 atom stereocenters. The second-order valence-electron chi connectivity index (χ2n) is 5.94. The topological polar surface area (TPSA) is 108 Å². The summed E-state index contributed by atoms with van der Waals surface area (Å²) in [6.07, 6.45) is 2.79. The van der Waals surface area contributed by atoms with Gasteiger partial charge in [-0.05, 0) is 25.0 Å². The molecule has 0 radical (unpaired) electrons. The van der Waals surface area contributed by atoms with Gasteiger partial charge in [0.25, 0.3) is 11.6 Å². The number of likely N-dealkylation sites (tertiary alicyclic amines) is 1. The number of amides is 1. The lowest BCUT2D eigenvalue weighted by molar-refractivity contribution is -0.384. The number of nitrogens with zero attached hydrogens (tertiary/aromatic N) is 4. The molecular weight excluding hydrogens is 376 g/mol. The van der Waals surface area contributed by atoms with Gasteiger partial charge in [0, 0.05) is 30.4 Å². The number of halogens is 1. The number of carbonyl (C=O) groups is 1. The molecule has 142 valence electrons. The molecule has 1 aromatic heterocycles. The van der Waals surface area contributed by atoms with Gasteiger partial charge in [-0.2, -0.15) is 4.98 Å². The van der Waals surface area contributed by atoms with Crippen LogP contribution in [-0.4, -0.2) is 52.0 Å². The maximum atomic E-state index is 12.7. The van der Waals surface area contributed by atoms with Gasteiger partial charge in [-0.15, -0.1) is 0 Å². The van der Waals surface area contributed by atoms with E-state index in [1.807, 2.05) is 0 Å². The van der Waals surface area contributed by atoms with E-state index in [1.54, 1.807) is 11.0 Å². The van der Waals surface area contributed by atoms with E-state index in [0.717, 1.165) is 12.8 Å². The van der Waals surface area contributed by atoms with Crippen molar-refractivity contribution in [3.63, 3.8) is 0 Å². The summed E-state index contributed by atoms with van der Waals surface area (Å²) in [6.45, 7) is 0.893. The predicted octanol–water partition coefficient (Wildman–Crippen LogP) is 2.73. The predicted molar refractivity (Wildman–Crippen MR) is 96.2 cm³/mol. The lowest BCUT2D eigenvalue weighted by Crippen LogP contribution is -2.44. The number of carbonyl (C=O) groups excluding carboxylic acids is 1. The number of ether oxygens (including phenoxy) is 2.